The Morgan fingerprint density at radius 2 is 1.96 bits per heavy atom. The summed E-state index contributed by atoms with van der Waals surface area (Å²) in [6.45, 7) is 0.536. The zero-order valence-corrected chi connectivity index (χ0v) is 15.8. The molecule has 27 heavy (non-hydrogen) atoms. The second kappa shape index (κ2) is 7.61. The van der Waals surface area contributed by atoms with Gasteiger partial charge in [0.05, 0.1) is 4.90 Å². The molecule has 2 aromatic carbocycles. The van der Waals surface area contributed by atoms with Gasteiger partial charge in [-0.1, -0.05) is 23.6 Å². The molecule has 0 bridgehead atoms. The number of primary sulfonamides is 1. The number of carbonyl (C=O) groups is 1. The third-order valence-electron chi connectivity index (χ3n) is 4.33. The average molecular weight is 405 g/mol. The zero-order valence-electron chi connectivity index (χ0n) is 14.3. The Hall–Kier alpha value is -2.53. The molecule has 8 heteroatoms. The molecule has 2 aromatic rings. The zero-order chi connectivity index (χ0) is 19.6. The molecule has 1 aliphatic rings. The van der Waals surface area contributed by atoms with Gasteiger partial charge < -0.3 is 9.64 Å². The van der Waals surface area contributed by atoms with Crippen LogP contribution < -0.4 is 14.8 Å². The van der Waals surface area contributed by atoms with Gasteiger partial charge in [0.25, 0.3) is 0 Å². The van der Waals surface area contributed by atoms with E-state index in [1.165, 1.54) is 12.1 Å². The summed E-state index contributed by atoms with van der Waals surface area (Å²) in [5.74, 6) is 2.81. The van der Waals surface area contributed by atoms with Crippen molar-refractivity contribution in [3.63, 3.8) is 0 Å². The van der Waals surface area contributed by atoms with Crippen LogP contribution in [0.3, 0.4) is 0 Å². The van der Waals surface area contributed by atoms with Gasteiger partial charge in [-0.2, -0.15) is 0 Å². The number of amides is 1. The van der Waals surface area contributed by atoms with Crippen LogP contribution in [-0.2, 0) is 14.8 Å². The number of carbonyl (C=O) groups excluding carboxylic acids is 1. The van der Waals surface area contributed by atoms with Crippen molar-refractivity contribution in [2.75, 3.05) is 18.1 Å². The summed E-state index contributed by atoms with van der Waals surface area (Å²) < 4.78 is 28.3. The number of terminal acetylenes is 1. The van der Waals surface area contributed by atoms with Gasteiger partial charge in [0.2, 0.25) is 15.9 Å². The third-order valence-corrected chi connectivity index (χ3v) is 5.49. The molecule has 6 nitrogen and oxygen atoms in total. The highest BCUT2D eigenvalue weighted by Gasteiger charge is 2.33. The molecule has 0 aliphatic carbocycles. The number of nitrogens with zero attached hydrogens (tertiary/aromatic N) is 1. The number of hydrogen-bond donors (Lipinski definition) is 1. The lowest BCUT2D eigenvalue weighted by molar-refractivity contribution is -0.117. The van der Waals surface area contributed by atoms with Crippen LogP contribution in [-0.4, -0.2) is 27.5 Å². The number of anilines is 1. The summed E-state index contributed by atoms with van der Waals surface area (Å²) >= 11 is 6.04. The van der Waals surface area contributed by atoms with Crippen LogP contribution in [0.25, 0.3) is 0 Å². The molecule has 3 rings (SSSR count). The standard InChI is InChI=1S/C19H17ClN2O4S/c1-2-9-26-18-11-14(20)3-8-17(18)13-10-19(23)22(12-13)15-4-6-16(7-5-15)27(21,24)25/h1,3-8,11,13H,9-10,12H2,(H2,21,24,25)/t13-/m0/s1. The van der Waals surface area contributed by atoms with Crippen LogP contribution >= 0.6 is 11.6 Å². The first-order valence-electron chi connectivity index (χ1n) is 8.08. The molecule has 0 aromatic heterocycles. The number of halogens is 1. The highest BCUT2D eigenvalue weighted by molar-refractivity contribution is 7.89. The number of ether oxygens (including phenoxy) is 1. The van der Waals surface area contributed by atoms with E-state index in [9.17, 15) is 13.2 Å². The third kappa shape index (κ3) is 4.25. The molecular weight excluding hydrogens is 388 g/mol. The van der Waals surface area contributed by atoms with Gasteiger partial charge >= 0.3 is 0 Å². The summed E-state index contributed by atoms with van der Waals surface area (Å²) in [5, 5.41) is 5.63. The van der Waals surface area contributed by atoms with Gasteiger partial charge in [0, 0.05) is 29.6 Å². The van der Waals surface area contributed by atoms with E-state index < -0.39 is 10.0 Å². The first-order valence-corrected chi connectivity index (χ1v) is 10.0. The Kier molecular flexibility index (Phi) is 5.42. The lowest BCUT2D eigenvalue weighted by Crippen LogP contribution is -2.24. The van der Waals surface area contributed by atoms with Crippen molar-refractivity contribution < 1.29 is 17.9 Å². The first kappa shape index (κ1) is 19.2. The Balaban J connectivity index is 1.85. The molecule has 0 unspecified atom stereocenters. The molecule has 0 radical (unpaired) electrons. The van der Waals surface area contributed by atoms with Crippen LogP contribution in [0.5, 0.6) is 5.75 Å². The fraction of sp³-hybridized carbons (Fsp3) is 0.211. The van der Waals surface area contributed by atoms with E-state index in [1.54, 1.807) is 29.2 Å². The van der Waals surface area contributed by atoms with E-state index in [2.05, 4.69) is 5.92 Å². The molecule has 140 valence electrons. The molecule has 1 fully saturated rings. The van der Waals surface area contributed by atoms with Gasteiger partial charge in [0.15, 0.2) is 0 Å². The topological polar surface area (TPSA) is 89.7 Å². The van der Waals surface area contributed by atoms with Crippen molar-refractivity contribution in [3.8, 4) is 18.1 Å². The Morgan fingerprint density at radius 1 is 1.26 bits per heavy atom. The van der Waals surface area contributed by atoms with Gasteiger partial charge in [-0.15, -0.1) is 6.42 Å². The average Bonchev–Trinajstić information content (AvgIpc) is 3.01. The molecule has 1 heterocycles. The second-order valence-corrected chi connectivity index (χ2v) is 8.12. The summed E-state index contributed by atoms with van der Waals surface area (Å²) in [4.78, 5) is 14.1. The van der Waals surface area contributed by atoms with Crippen molar-refractivity contribution in [1.82, 2.24) is 0 Å². The van der Waals surface area contributed by atoms with Crippen molar-refractivity contribution in [2.45, 2.75) is 17.2 Å². The second-order valence-electron chi connectivity index (χ2n) is 6.12. The first-order chi connectivity index (χ1) is 12.8. The van der Waals surface area contributed by atoms with E-state index in [1.807, 2.05) is 6.07 Å². The number of benzene rings is 2. The summed E-state index contributed by atoms with van der Waals surface area (Å²) in [6.07, 6.45) is 5.56. The van der Waals surface area contributed by atoms with E-state index in [-0.39, 0.29) is 23.3 Å². The fourth-order valence-electron chi connectivity index (χ4n) is 3.07. The van der Waals surface area contributed by atoms with Crippen molar-refractivity contribution >= 4 is 33.2 Å². The van der Waals surface area contributed by atoms with Crippen molar-refractivity contribution in [1.29, 1.82) is 0 Å². The van der Waals surface area contributed by atoms with Gasteiger partial charge in [-0.25, -0.2) is 13.6 Å². The highest BCUT2D eigenvalue weighted by Crippen LogP contribution is 2.37. The minimum absolute atomic E-state index is 0.00267. The minimum Gasteiger partial charge on any atom is -0.481 e. The van der Waals surface area contributed by atoms with E-state index in [4.69, 9.17) is 27.9 Å². The fourth-order valence-corrected chi connectivity index (χ4v) is 3.75. The Labute approximate surface area is 162 Å². The van der Waals surface area contributed by atoms with Crippen LogP contribution in [0.2, 0.25) is 5.02 Å². The van der Waals surface area contributed by atoms with Crippen LogP contribution in [0.1, 0.15) is 17.9 Å². The molecule has 0 saturated carbocycles. The van der Waals surface area contributed by atoms with Crippen LogP contribution in [0.15, 0.2) is 47.4 Å². The van der Waals surface area contributed by atoms with E-state index in [0.717, 1.165) is 5.56 Å². The van der Waals surface area contributed by atoms with E-state index >= 15 is 0 Å². The molecule has 2 N–H and O–H groups in total. The molecule has 1 atom stereocenters. The molecule has 1 aliphatic heterocycles. The van der Waals surface area contributed by atoms with Gasteiger partial charge in [-0.3, -0.25) is 4.79 Å². The van der Waals surface area contributed by atoms with Gasteiger partial charge in [-0.05, 0) is 42.0 Å². The smallest absolute Gasteiger partial charge is 0.238 e. The molecular formula is C19H17ClN2O4S. The van der Waals surface area contributed by atoms with Crippen molar-refractivity contribution in [2.24, 2.45) is 5.14 Å². The monoisotopic (exact) mass is 404 g/mol. The number of nitrogens with two attached hydrogens (primary N) is 1. The predicted octanol–water partition coefficient (Wildman–Crippen LogP) is 2.52. The van der Waals surface area contributed by atoms with Crippen LogP contribution in [0.4, 0.5) is 5.69 Å². The highest BCUT2D eigenvalue weighted by atomic mass is 35.5. The summed E-state index contributed by atoms with van der Waals surface area (Å²) in [5.41, 5.74) is 1.46. The number of hydrogen-bond acceptors (Lipinski definition) is 4. The Morgan fingerprint density at radius 3 is 2.59 bits per heavy atom. The largest absolute Gasteiger partial charge is 0.481 e. The lowest BCUT2D eigenvalue weighted by atomic mass is 9.97. The lowest BCUT2D eigenvalue weighted by Gasteiger charge is -2.18. The predicted molar refractivity (Wildman–Crippen MR) is 103 cm³/mol. The maximum absolute atomic E-state index is 12.5. The Bertz CT molecular complexity index is 1010. The molecule has 0 spiro atoms. The van der Waals surface area contributed by atoms with Crippen molar-refractivity contribution in [3.05, 3.63) is 53.1 Å². The maximum Gasteiger partial charge on any atom is 0.238 e. The maximum atomic E-state index is 12.5. The quantitative estimate of drug-likeness (QED) is 0.775. The SMILES string of the molecule is C#CCOc1cc(Cl)ccc1[C@H]1CC(=O)N(c2ccc(S(N)(=O)=O)cc2)C1. The minimum atomic E-state index is -3.78. The molecule has 1 saturated heterocycles. The number of rotatable bonds is 5. The number of sulfonamides is 1. The summed E-state index contributed by atoms with van der Waals surface area (Å²) in [6, 6.07) is 11.2. The van der Waals surface area contributed by atoms with E-state index in [0.29, 0.717) is 29.4 Å². The normalized spacial score (nSPS) is 17.0. The van der Waals surface area contributed by atoms with Crippen LogP contribution in [0, 0.1) is 12.3 Å². The van der Waals surface area contributed by atoms with Gasteiger partial charge in [0.1, 0.15) is 12.4 Å². The molecule has 1 amide bonds. The summed E-state index contributed by atoms with van der Waals surface area (Å²) in [7, 11) is -3.78.